The summed E-state index contributed by atoms with van der Waals surface area (Å²) in [4.78, 5) is 25.2. The lowest BCUT2D eigenvalue weighted by Gasteiger charge is -2.16. The zero-order valence-electron chi connectivity index (χ0n) is 17.0. The first-order valence-electron chi connectivity index (χ1n) is 9.54. The fraction of sp³-hybridized carbons (Fsp3) is 0.364. The summed E-state index contributed by atoms with van der Waals surface area (Å²) in [6, 6.07) is 9.24. The lowest BCUT2D eigenvalue weighted by Crippen LogP contribution is -2.16. The number of methoxy groups -OCH3 is 2. The first-order valence-corrected chi connectivity index (χ1v) is 10.9. The maximum absolute atomic E-state index is 13.0. The molecule has 0 saturated heterocycles. The predicted octanol–water partition coefficient (Wildman–Crippen LogP) is 4.14. The van der Waals surface area contributed by atoms with Gasteiger partial charge in [0.2, 0.25) is 5.91 Å². The Hall–Kier alpha value is -2.67. The van der Waals surface area contributed by atoms with Crippen molar-refractivity contribution in [3.8, 4) is 11.5 Å². The van der Waals surface area contributed by atoms with Crippen molar-refractivity contribution in [2.45, 2.75) is 25.7 Å². The number of hydrogen-bond acceptors (Lipinski definition) is 5. The third-order valence-corrected chi connectivity index (χ3v) is 5.55. The SMILES string of the molecule is COc1cc(C(=O)Nc2cccc3c2CCC3)cc(NC(=O)CCSC)c1OC. The van der Waals surface area contributed by atoms with Gasteiger partial charge in [0.25, 0.3) is 5.91 Å². The van der Waals surface area contributed by atoms with Crippen molar-refractivity contribution < 1.29 is 19.1 Å². The van der Waals surface area contributed by atoms with Crippen molar-refractivity contribution in [1.29, 1.82) is 0 Å². The number of rotatable bonds is 8. The second kappa shape index (κ2) is 9.69. The van der Waals surface area contributed by atoms with Gasteiger partial charge in [0, 0.05) is 23.4 Å². The molecule has 0 saturated carbocycles. The van der Waals surface area contributed by atoms with Gasteiger partial charge in [0.15, 0.2) is 11.5 Å². The molecule has 1 aliphatic rings. The van der Waals surface area contributed by atoms with E-state index in [1.807, 2.05) is 18.4 Å². The molecule has 0 radical (unpaired) electrons. The first-order chi connectivity index (χ1) is 14.1. The molecule has 0 heterocycles. The van der Waals surface area contributed by atoms with Gasteiger partial charge in [-0.1, -0.05) is 12.1 Å². The topological polar surface area (TPSA) is 76.7 Å². The van der Waals surface area contributed by atoms with Gasteiger partial charge in [-0.25, -0.2) is 0 Å². The largest absolute Gasteiger partial charge is 0.493 e. The van der Waals surface area contributed by atoms with Gasteiger partial charge >= 0.3 is 0 Å². The molecule has 0 aromatic heterocycles. The molecule has 6 nitrogen and oxygen atoms in total. The van der Waals surface area contributed by atoms with E-state index in [2.05, 4.69) is 16.7 Å². The highest BCUT2D eigenvalue weighted by Gasteiger charge is 2.20. The number of fused-ring (bicyclic) bond motifs is 1. The Morgan fingerprint density at radius 3 is 2.62 bits per heavy atom. The van der Waals surface area contributed by atoms with Crippen LogP contribution in [-0.2, 0) is 17.6 Å². The van der Waals surface area contributed by atoms with Gasteiger partial charge < -0.3 is 20.1 Å². The molecule has 2 N–H and O–H groups in total. The minimum absolute atomic E-state index is 0.141. The predicted molar refractivity (Wildman–Crippen MR) is 118 cm³/mol. The zero-order chi connectivity index (χ0) is 20.8. The third-order valence-electron chi connectivity index (χ3n) is 4.94. The van der Waals surface area contributed by atoms with Gasteiger partial charge in [-0.2, -0.15) is 11.8 Å². The number of aryl methyl sites for hydroxylation is 1. The molecule has 29 heavy (non-hydrogen) atoms. The summed E-state index contributed by atoms with van der Waals surface area (Å²) in [7, 11) is 3.01. The molecule has 2 aromatic rings. The van der Waals surface area contributed by atoms with Crippen molar-refractivity contribution in [2.24, 2.45) is 0 Å². The Labute approximate surface area is 175 Å². The van der Waals surface area contributed by atoms with Crippen LogP contribution >= 0.6 is 11.8 Å². The quantitative estimate of drug-likeness (QED) is 0.679. The second-order valence-electron chi connectivity index (χ2n) is 6.80. The molecule has 0 bridgehead atoms. The smallest absolute Gasteiger partial charge is 0.255 e. The summed E-state index contributed by atoms with van der Waals surface area (Å²) in [5.41, 5.74) is 4.13. The standard InChI is InChI=1S/C22H26N2O4S/c1-27-19-13-15(12-18(21(19)28-2)23-20(25)10-11-29-3)22(26)24-17-9-5-7-14-6-4-8-16(14)17/h5,7,9,12-13H,4,6,8,10-11H2,1-3H3,(H,23,25)(H,24,26). The molecular weight excluding hydrogens is 388 g/mol. The molecule has 1 aliphatic carbocycles. The molecule has 154 valence electrons. The molecule has 2 aromatic carbocycles. The maximum atomic E-state index is 13.0. The first kappa shape index (κ1) is 21.0. The monoisotopic (exact) mass is 414 g/mol. The highest BCUT2D eigenvalue weighted by Crippen LogP contribution is 2.37. The third kappa shape index (κ3) is 4.85. The Balaban J connectivity index is 1.88. The van der Waals surface area contributed by atoms with Crippen LogP contribution in [-0.4, -0.2) is 38.0 Å². The highest BCUT2D eigenvalue weighted by molar-refractivity contribution is 7.98. The Morgan fingerprint density at radius 1 is 1.07 bits per heavy atom. The number of thioether (sulfide) groups is 1. The number of carbonyl (C=O) groups excluding carboxylic acids is 2. The van der Waals surface area contributed by atoms with Crippen LogP contribution in [0.5, 0.6) is 11.5 Å². The van der Waals surface area contributed by atoms with Gasteiger partial charge in [-0.05, 0) is 54.8 Å². The van der Waals surface area contributed by atoms with Crippen molar-refractivity contribution in [2.75, 3.05) is 36.9 Å². The average molecular weight is 415 g/mol. The van der Waals surface area contributed by atoms with Gasteiger partial charge in [-0.15, -0.1) is 0 Å². The van der Waals surface area contributed by atoms with Crippen molar-refractivity contribution in [1.82, 2.24) is 0 Å². The summed E-state index contributed by atoms with van der Waals surface area (Å²) < 4.78 is 10.8. The minimum atomic E-state index is -0.258. The number of hydrogen-bond donors (Lipinski definition) is 2. The lowest BCUT2D eigenvalue weighted by molar-refractivity contribution is -0.115. The van der Waals surface area contributed by atoms with Crippen LogP contribution < -0.4 is 20.1 Å². The Morgan fingerprint density at radius 2 is 1.90 bits per heavy atom. The summed E-state index contributed by atoms with van der Waals surface area (Å²) in [5.74, 6) is 1.09. The number of carbonyl (C=O) groups is 2. The maximum Gasteiger partial charge on any atom is 0.255 e. The highest BCUT2D eigenvalue weighted by atomic mass is 32.2. The number of anilines is 2. The molecular formula is C22H26N2O4S. The summed E-state index contributed by atoms with van der Waals surface area (Å²) >= 11 is 1.60. The van der Waals surface area contributed by atoms with E-state index in [9.17, 15) is 9.59 Å². The van der Waals surface area contributed by atoms with Crippen LogP contribution in [0.4, 0.5) is 11.4 Å². The second-order valence-corrected chi connectivity index (χ2v) is 7.79. The van der Waals surface area contributed by atoms with E-state index >= 15 is 0 Å². The van der Waals surface area contributed by atoms with Crippen LogP contribution in [0.2, 0.25) is 0 Å². The summed E-state index contributed by atoms with van der Waals surface area (Å²) in [6.45, 7) is 0. The van der Waals surface area contributed by atoms with E-state index in [1.165, 1.54) is 25.3 Å². The van der Waals surface area contributed by atoms with Crippen molar-refractivity contribution in [3.05, 3.63) is 47.0 Å². The molecule has 0 aliphatic heterocycles. The van der Waals surface area contributed by atoms with Crippen LogP contribution in [0.3, 0.4) is 0 Å². The number of nitrogens with one attached hydrogen (secondary N) is 2. The fourth-order valence-corrected chi connectivity index (χ4v) is 3.92. The number of amides is 2. The summed E-state index contributed by atoms with van der Waals surface area (Å²) in [5, 5.41) is 5.85. The van der Waals surface area contributed by atoms with Crippen LogP contribution in [0.15, 0.2) is 30.3 Å². The number of ether oxygens (including phenoxy) is 2. The molecule has 2 amide bonds. The van der Waals surface area contributed by atoms with E-state index < -0.39 is 0 Å². The Bertz CT molecular complexity index is 914. The van der Waals surface area contributed by atoms with E-state index in [1.54, 1.807) is 23.9 Å². The molecule has 3 rings (SSSR count). The molecule has 0 fully saturated rings. The van der Waals surface area contributed by atoms with Crippen molar-refractivity contribution >= 4 is 35.0 Å². The van der Waals surface area contributed by atoms with E-state index in [0.717, 1.165) is 24.9 Å². The number of benzene rings is 2. The van der Waals surface area contributed by atoms with Crippen molar-refractivity contribution in [3.63, 3.8) is 0 Å². The van der Waals surface area contributed by atoms with Gasteiger partial charge in [0.1, 0.15) is 0 Å². The Kier molecular flexibility index (Phi) is 7.04. The molecule has 0 unspecified atom stereocenters. The van der Waals surface area contributed by atoms with Crippen LogP contribution in [0, 0.1) is 0 Å². The minimum Gasteiger partial charge on any atom is -0.493 e. The lowest BCUT2D eigenvalue weighted by atomic mass is 10.1. The van der Waals surface area contributed by atoms with E-state index in [0.29, 0.717) is 34.9 Å². The van der Waals surface area contributed by atoms with Gasteiger partial charge in [0.05, 0.1) is 19.9 Å². The molecule has 7 heteroatoms. The van der Waals surface area contributed by atoms with Crippen LogP contribution in [0.25, 0.3) is 0 Å². The van der Waals surface area contributed by atoms with E-state index in [-0.39, 0.29) is 11.8 Å². The van der Waals surface area contributed by atoms with E-state index in [4.69, 9.17) is 9.47 Å². The zero-order valence-corrected chi connectivity index (χ0v) is 17.8. The average Bonchev–Trinajstić information content (AvgIpc) is 3.21. The van der Waals surface area contributed by atoms with Crippen LogP contribution in [0.1, 0.15) is 34.3 Å². The normalized spacial score (nSPS) is 12.2. The summed E-state index contributed by atoms with van der Waals surface area (Å²) in [6.07, 6.45) is 5.43. The van der Waals surface area contributed by atoms with Gasteiger partial charge in [-0.3, -0.25) is 9.59 Å². The molecule has 0 spiro atoms. The molecule has 0 atom stereocenters. The fourth-order valence-electron chi connectivity index (χ4n) is 3.53.